The molecule has 0 unspecified atom stereocenters. The standard InChI is InChI=1S/C8H16N2/c1-5-6-9-8(2)7-10(3)4/h5-6H,7H2,1-4H3/b6-5-,9-8?. The Hall–Kier alpha value is -0.630. The summed E-state index contributed by atoms with van der Waals surface area (Å²) in [5.41, 5.74) is 1.14. The minimum atomic E-state index is 0.935. The van der Waals surface area contributed by atoms with Crippen LogP contribution in [0.1, 0.15) is 13.8 Å². The largest absolute Gasteiger partial charge is 0.304 e. The molecule has 0 aliphatic heterocycles. The quantitative estimate of drug-likeness (QED) is 0.543. The minimum absolute atomic E-state index is 0.935. The zero-order valence-electron chi connectivity index (χ0n) is 7.26. The Labute approximate surface area is 63.3 Å². The van der Waals surface area contributed by atoms with Crippen molar-refractivity contribution in [2.45, 2.75) is 13.8 Å². The second kappa shape index (κ2) is 5.18. The predicted molar refractivity (Wildman–Crippen MR) is 46.5 cm³/mol. The Bertz CT molecular complexity index is 134. The maximum atomic E-state index is 4.18. The van der Waals surface area contributed by atoms with Crippen LogP contribution in [0.15, 0.2) is 17.3 Å². The van der Waals surface area contributed by atoms with Crippen molar-refractivity contribution in [3.63, 3.8) is 0 Å². The van der Waals surface area contributed by atoms with Crippen LogP contribution in [0.2, 0.25) is 0 Å². The van der Waals surface area contributed by atoms with Gasteiger partial charge in [0.15, 0.2) is 0 Å². The number of hydrogen-bond acceptors (Lipinski definition) is 2. The van der Waals surface area contributed by atoms with Crippen molar-refractivity contribution in [3.05, 3.63) is 12.3 Å². The van der Waals surface area contributed by atoms with E-state index >= 15 is 0 Å². The Morgan fingerprint density at radius 2 is 2.10 bits per heavy atom. The topological polar surface area (TPSA) is 15.6 Å². The van der Waals surface area contributed by atoms with Gasteiger partial charge in [0.05, 0.1) is 0 Å². The summed E-state index contributed by atoms with van der Waals surface area (Å²) in [5.74, 6) is 0. The van der Waals surface area contributed by atoms with Crippen LogP contribution in [0.5, 0.6) is 0 Å². The predicted octanol–water partition coefficient (Wildman–Crippen LogP) is 1.54. The fourth-order valence-corrected chi connectivity index (χ4v) is 0.700. The van der Waals surface area contributed by atoms with Crippen LogP contribution in [0, 0.1) is 0 Å². The molecule has 0 aromatic heterocycles. The summed E-state index contributed by atoms with van der Waals surface area (Å²) in [6.07, 6.45) is 3.75. The van der Waals surface area contributed by atoms with E-state index in [4.69, 9.17) is 0 Å². The maximum Gasteiger partial charge on any atom is 0.0358 e. The molecule has 0 heterocycles. The highest BCUT2D eigenvalue weighted by atomic mass is 15.1. The summed E-state index contributed by atoms with van der Waals surface area (Å²) in [4.78, 5) is 6.28. The maximum absolute atomic E-state index is 4.18. The van der Waals surface area contributed by atoms with E-state index in [1.54, 1.807) is 0 Å². The molecule has 0 radical (unpaired) electrons. The monoisotopic (exact) mass is 140 g/mol. The molecule has 0 aromatic rings. The van der Waals surface area contributed by atoms with Crippen molar-refractivity contribution >= 4 is 5.71 Å². The minimum Gasteiger partial charge on any atom is -0.304 e. The van der Waals surface area contributed by atoms with Crippen LogP contribution in [0.3, 0.4) is 0 Å². The van der Waals surface area contributed by atoms with Gasteiger partial charge in [-0.25, -0.2) is 0 Å². The summed E-state index contributed by atoms with van der Waals surface area (Å²) in [5, 5.41) is 0. The Morgan fingerprint density at radius 3 is 2.50 bits per heavy atom. The summed E-state index contributed by atoms with van der Waals surface area (Å²) >= 11 is 0. The first-order valence-electron chi connectivity index (χ1n) is 3.46. The average molecular weight is 140 g/mol. The SMILES string of the molecule is C/C=C\N=C(C)CN(C)C. The average Bonchev–Trinajstić information content (AvgIpc) is 1.82. The van der Waals surface area contributed by atoms with Crippen LogP contribution >= 0.6 is 0 Å². The van der Waals surface area contributed by atoms with Gasteiger partial charge in [-0.05, 0) is 27.9 Å². The number of nitrogens with zero attached hydrogens (tertiary/aromatic N) is 2. The van der Waals surface area contributed by atoms with Crippen molar-refractivity contribution < 1.29 is 0 Å². The molecule has 0 saturated heterocycles. The first-order valence-corrected chi connectivity index (χ1v) is 3.46. The summed E-state index contributed by atoms with van der Waals surface area (Å²) < 4.78 is 0. The molecular formula is C8H16N2. The molecule has 0 aliphatic carbocycles. The van der Waals surface area contributed by atoms with E-state index in [2.05, 4.69) is 9.89 Å². The van der Waals surface area contributed by atoms with Gasteiger partial charge >= 0.3 is 0 Å². The molecule has 0 spiro atoms. The van der Waals surface area contributed by atoms with E-state index in [0.29, 0.717) is 0 Å². The highest BCUT2D eigenvalue weighted by Crippen LogP contribution is 1.82. The van der Waals surface area contributed by atoms with Gasteiger partial charge < -0.3 is 4.90 Å². The number of allylic oxidation sites excluding steroid dienone is 1. The highest BCUT2D eigenvalue weighted by Gasteiger charge is 1.90. The first-order chi connectivity index (χ1) is 4.66. The molecule has 2 nitrogen and oxygen atoms in total. The Morgan fingerprint density at radius 1 is 1.50 bits per heavy atom. The lowest BCUT2D eigenvalue weighted by Crippen LogP contribution is -2.19. The van der Waals surface area contributed by atoms with Crippen LogP contribution in [0.4, 0.5) is 0 Å². The molecule has 0 rings (SSSR count). The van der Waals surface area contributed by atoms with Gasteiger partial charge in [0, 0.05) is 18.5 Å². The normalized spacial score (nSPS) is 13.5. The Balaban J connectivity index is 3.71. The fraction of sp³-hybridized carbons (Fsp3) is 0.625. The van der Waals surface area contributed by atoms with Gasteiger partial charge in [0.2, 0.25) is 0 Å². The summed E-state index contributed by atoms with van der Waals surface area (Å²) in [6, 6.07) is 0. The third-order valence-electron chi connectivity index (χ3n) is 0.989. The van der Waals surface area contributed by atoms with E-state index in [9.17, 15) is 0 Å². The third kappa shape index (κ3) is 5.51. The molecule has 0 amide bonds. The number of rotatable bonds is 3. The van der Waals surface area contributed by atoms with E-state index in [1.807, 2.05) is 40.2 Å². The molecule has 0 atom stereocenters. The van der Waals surface area contributed by atoms with Crippen LogP contribution in [-0.4, -0.2) is 31.3 Å². The fourth-order valence-electron chi connectivity index (χ4n) is 0.700. The molecule has 10 heavy (non-hydrogen) atoms. The second-order valence-electron chi connectivity index (χ2n) is 2.58. The summed E-state index contributed by atoms with van der Waals surface area (Å²) in [7, 11) is 4.07. The van der Waals surface area contributed by atoms with E-state index in [0.717, 1.165) is 12.3 Å². The number of hydrogen-bond donors (Lipinski definition) is 0. The van der Waals surface area contributed by atoms with Gasteiger partial charge in [-0.3, -0.25) is 4.99 Å². The zero-order valence-corrected chi connectivity index (χ0v) is 7.26. The van der Waals surface area contributed by atoms with Gasteiger partial charge in [-0.15, -0.1) is 0 Å². The molecule has 58 valence electrons. The van der Waals surface area contributed by atoms with E-state index in [1.165, 1.54) is 0 Å². The zero-order chi connectivity index (χ0) is 7.98. The van der Waals surface area contributed by atoms with Gasteiger partial charge in [0.25, 0.3) is 0 Å². The van der Waals surface area contributed by atoms with Gasteiger partial charge in [0.1, 0.15) is 0 Å². The molecule has 2 heteroatoms. The first kappa shape index (κ1) is 9.37. The molecule has 0 N–H and O–H groups in total. The van der Waals surface area contributed by atoms with Crippen molar-refractivity contribution in [1.29, 1.82) is 0 Å². The Kier molecular flexibility index (Phi) is 4.85. The second-order valence-corrected chi connectivity index (χ2v) is 2.58. The molecule has 0 aromatic carbocycles. The van der Waals surface area contributed by atoms with Crippen LogP contribution in [-0.2, 0) is 0 Å². The third-order valence-corrected chi connectivity index (χ3v) is 0.989. The molecular weight excluding hydrogens is 124 g/mol. The van der Waals surface area contributed by atoms with E-state index in [-0.39, 0.29) is 0 Å². The molecule has 0 aliphatic rings. The lowest BCUT2D eigenvalue weighted by molar-refractivity contribution is 0.469. The highest BCUT2D eigenvalue weighted by molar-refractivity contribution is 5.84. The smallest absolute Gasteiger partial charge is 0.0358 e. The molecule has 0 bridgehead atoms. The number of aliphatic imine (C=N–C) groups is 1. The van der Waals surface area contributed by atoms with Crippen molar-refractivity contribution in [2.24, 2.45) is 4.99 Å². The van der Waals surface area contributed by atoms with Crippen molar-refractivity contribution in [1.82, 2.24) is 4.90 Å². The van der Waals surface area contributed by atoms with Gasteiger partial charge in [-0.1, -0.05) is 6.08 Å². The van der Waals surface area contributed by atoms with E-state index < -0.39 is 0 Å². The van der Waals surface area contributed by atoms with Crippen molar-refractivity contribution in [3.8, 4) is 0 Å². The summed E-state index contributed by atoms with van der Waals surface area (Å²) in [6.45, 7) is 4.93. The van der Waals surface area contributed by atoms with Crippen molar-refractivity contribution in [2.75, 3.05) is 20.6 Å². The lowest BCUT2D eigenvalue weighted by atomic mass is 10.4. The van der Waals surface area contributed by atoms with Gasteiger partial charge in [-0.2, -0.15) is 0 Å². The van der Waals surface area contributed by atoms with Crippen LogP contribution < -0.4 is 0 Å². The molecule has 0 fully saturated rings. The molecule has 0 saturated carbocycles. The van der Waals surface area contributed by atoms with Crippen LogP contribution in [0.25, 0.3) is 0 Å². The lowest BCUT2D eigenvalue weighted by Gasteiger charge is -2.07.